The van der Waals surface area contributed by atoms with E-state index in [-0.39, 0.29) is 19.0 Å². The summed E-state index contributed by atoms with van der Waals surface area (Å²) in [6.45, 7) is -0.360. The Bertz CT molecular complexity index is 749. The molecule has 8 heteroatoms. The zero-order valence-corrected chi connectivity index (χ0v) is 16.1. The van der Waals surface area contributed by atoms with Gasteiger partial charge >= 0.3 is 6.03 Å². The summed E-state index contributed by atoms with van der Waals surface area (Å²) in [6, 6.07) is 4.01. The molecule has 1 spiro atoms. The molecule has 0 bridgehead atoms. The lowest BCUT2D eigenvalue weighted by molar-refractivity contribution is -0.137. The van der Waals surface area contributed by atoms with Crippen LogP contribution in [0.3, 0.4) is 0 Å². The van der Waals surface area contributed by atoms with Crippen LogP contribution in [-0.2, 0) is 16.1 Å². The Labute approximate surface area is 159 Å². The summed E-state index contributed by atoms with van der Waals surface area (Å²) in [7, 11) is 1.63. The number of rotatable bonds is 4. The molecule has 0 unspecified atom stereocenters. The first-order valence-corrected chi connectivity index (χ1v) is 9.45. The highest BCUT2D eigenvalue weighted by Gasteiger charge is 2.55. The topological polar surface area (TPSA) is 69.7 Å². The van der Waals surface area contributed by atoms with Crippen molar-refractivity contribution >= 4 is 33.8 Å². The predicted molar refractivity (Wildman–Crippen MR) is 96.6 cm³/mol. The third-order valence-corrected chi connectivity index (χ3v) is 5.76. The molecule has 1 saturated heterocycles. The molecular weight excluding hydrogens is 405 g/mol. The zero-order chi connectivity index (χ0) is 18.9. The van der Waals surface area contributed by atoms with E-state index in [2.05, 4.69) is 21.2 Å². The molecule has 4 amide bonds. The quantitative estimate of drug-likeness (QED) is 0.753. The standard InChI is InChI=1S/C18H21BrFN3O3/c1-22-17(26)23(16(25)18(22)7-3-2-4-8-18)11-15(24)21-10-12-9-13(19)5-6-14(12)20/h5-6,9H,2-4,7-8,10-11H2,1H3,(H,21,24). The summed E-state index contributed by atoms with van der Waals surface area (Å²) < 4.78 is 14.4. The molecule has 1 aliphatic carbocycles. The fourth-order valence-corrected chi connectivity index (χ4v) is 4.15. The Balaban J connectivity index is 1.64. The number of imide groups is 1. The van der Waals surface area contributed by atoms with Gasteiger partial charge in [-0.1, -0.05) is 35.2 Å². The van der Waals surface area contributed by atoms with Crippen LogP contribution in [0.15, 0.2) is 22.7 Å². The molecule has 0 atom stereocenters. The number of amides is 4. The highest BCUT2D eigenvalue weighted by molar-refractivity contribution is 9.10. The van der Waals surface area contributed by atoms with Gasteiger partial charge in [-0.3, -0.25) is 14.5 Å². The van der Waals surface area contributed by atoms with E-state index in [1.165, 1.54) is 11.0 Å². The highest BCUT2D eigenvalue weighted by atomic mass is 79.9. The van der Waals surface area contributed by atoms with Gasteiger partial charge < -0.3 is 10.2 Å². The van der Waals surface area contributed by atoms with E-state index < -0.39 is 23.3 Å². The predicted octanol–water partition coefficient (Wildman–Crippen LogP) is 2.80. The Kier molecular flexibility index (Phi) is 5.32. The van der Waals surface area contributed by atoms with Crippen molar-refractivity contribution in [2.45, 2.75) is 44.2 Å². The Morgan fingerprint density at radius 3 is 2.65 bits per heavy atom. The number of nitrogens with one attached hydrogen (secondary N) is 1. The van der Waals surface area contributed by atoms with Crippen molar-refractivity contribution in [2.24, 2.45) is 0 Å². The van der Waals surface area contributed by atoms with Gasteiger partial charge in [0.1, 0.15) is 17.9 Å². The van der Waals surface area contributed by atoms with Crippen LogP contribution in [-0.4, -0.2) is 46.8 Å². The summed E-state index contributed by atoms with van der Waals surface area (Å²) in [5.41, 5.74) is -0.473. The maximum Gasteiger partial charge on any atom is 0.327 e. The monoisotopic (exact) mass is 425 g/mol. The van der Waals surface area contributed by atoms with Crippen molar-refractivity contribution in [3.05, 3.63) is 34.1 Å². The van der Waals surface area contributed by atoms with Gasteiger partial charge in [0, 0.05) is 23.6 Å². The van der Waals surface area contributed by atoms with E-state index in [4.69, 9.17) is 0 Å². The third kappa shape index (κ3) is 3.34. The van der Waals surface area contributed by atoms with Crippen molar-refractivity contribution in [2.75, 3.05) is 13.6 Å². The largest absolute Gasteiger partial charge is 0.350 e. The SMILES string of the molecule is CN1C(=O)N(CC(=O)NCc2cc(Br)ccc2F)C(=O)C12CCCCC2. The Hall–Kier alpha value is -1.96. The number of likely N-dealkylation sites (N-methyl/N-ethyl adjacent to an activating group) is 1. The van der Waals surface area contributed by atoms with Crippen LogP contribution in [0, 0.1) is 5.82 Å². The van der Waals surface area contributed by atoms with Gasteiger partial charge in [0.25, 0.3) is 5.91 Å². The van der Waals surface area contributed by atoms with Gasteiger partial charge in [0.15, 0.2) is 0 Å². The van der Waals surface area contributed by atoms with Crippen LogP contribution >= 0.6 is 15.9 Å². The van der Waals surface area contributed by atoms with Gasteiger partial charge in [0.05, 0.1) is 0 Å². The highest BCUT2D eigenvalue weighted by Crippen LogP contribution is 2.39. The second-order valence-electron chi connectivity index (χ2n) is 6.84. The second kappa shape index (κ2) is 7.34. The average Bonchev–Trinajstić information content (AvgIpc) is 2.79. The molecule has 1 heterocycles. The fourth-order valence-electron chi connectivity index (χ4n) is 3.74. The van der Waals surface area contributed by atoms with E-state index in [0.29, 0.717) is 22.9 Å². The fraction of sp³-hybridized carbons (Fsp3) is 0.500. The normalized spacial score (nSPS) is 19.3. The van der Waals surface area contributed by atoms with Crippen LogP contribution < -0.4 is 5.32 Å². The van der Waals surface area contributed by atoms with Crippen LogP contribution in [0.2, 0.25) is 0 Å². The molecule has 0 aromatic heterocycles. The smallest absolute Gasteiger partial charge is 0.327 e. The number of hydrogen-bond acceptors (Lipinski definition) is 3. The number of carbonyl (C=O) groups is 3. The maximum atomic E-state index is 13.7. The number of halogens is 2. The van der Waals surface area contributed by atoms with Crippen molar-refractivity contribution < 1.29 is 18.8 Å². The summed E-state index contributed by atoms with van der Waals surface area (Å²) in [5.74, 6) is -1.22. The maximum absolute atomic E-state index is 13.7. The van der Waals surface area contributed by atoms with Crippen LogP contribution in [0.5, 0.6) is 0 Å². The van der Waals surface area contributed by atoms with Gasteiger partial charge in [0.2, 0.25) is 5.91 Å². The molecule has 1 aliphatic heterocycles. The van der Waals surface area contributed by atoms with Crippen molar-refractivity contribution in [3.63, 3.8) is 0 Å². The molecule has 6 nitrogen and oxygen atoms in total. The molecule has 140 valence electrons. The van der Waals surface area contributed by atoms with Crippen LogP contribution in [0.25, 0.3) is 0 Å². The van der Waals surface area contributed by atoms with Crippen molar-refractivity contribution in [3.8, 4) is 0 Å². The summed E-state index contributed by atoms with van der Waals surface area (Å²) in [6.07, 6.45) is 4.11. The van der Waals surface area contributed by atoms with Crippen LogP contribution in [0.1, 0.15) is 37.7 Å². The summed E-state index contributed by atoms with van der Waals surface area (Å²) >= 11 is 3.25. The van der Waals surface area contributed by atoms with E-state index in [9.17, 15) is 18.8 Å². The van der Waals surface area contributed by atoms with E-state index in [1.54, 1.807) is 19.2 Å². The zero-order valence-electron chi connectivity index (χ0n) is 14.6. The molecule has 1 N–H and O–H groups in total. The molecule has 3 rings (SSSR count). The number of nitrogens with zero attached hydrogens (tertiary/aromatic N) is 2. The summed E-state index contributed by atoms with van der Waals surface area (Å²) in [4.78, 5) is 40.0. The molecule has 1 aromatic rings. The van der Waals surface area contributed by atoms with E-state index in [1.807, 2.05) is 0 Å². The minimum absolute atomic E-state index is 0.0126. The molecule has 0 radical (unpaired) electrons. The second-order valence-corrected chi connectivity index (χ2v) is 7.75. The summed E-state index contributed by atoms with van der Waals surface area (Å²) in [5, 5.41) is 2.58. The molecule has 26 heavy (non-hydrogen) atoms. The Morgan fingerprint density at radius 1 is 1.27 bits per heavy atom. The van der Waals surface area contributed by atoms with E-state index >= 15 is 0 Å². The third-order valence-electron chi connectivity index (χ3n) is 5.27. The number of carbonyl (C=O) groups excluding carboxylic acids is 3. The number of benzene rings is 1. The Morgan fingerprint density at radius 2 is 1.96 bits per heavy atom. The van der Waals surface area contributed by atoms with Gasteiger partial charge in [-0.25, -0.2) is 9.18 Å². The van der Waals surface area contributed by atoms with E-state index in [0.717, 1.165) is 24.2 Å². The van der Waals surface area contributed by atoms with Crippen molar-refractivity contribution in [1.29, 1.82) is 0 Å². The van der Waals surface area contributed by atoms with Gasteiger partial charge in [-0.15, -0.1) is 0 Å². The molecule has 1 saturated carbocycles. The number of hydrogen-bond donors (Lipinski definition) is 1. The lowest BCUT2D eigenvalue weighted by atomic mass is 9.81. The molecule has 1 aromatic carbocycles. The van der Waals surface area contributed by atoms with Gasteiger partial charge in [-0.05, 0) is 31.0 Å². The van der Waals surface area contributed by atoms with Crippen LogP contribution in [0.4, 0.5) is 9.18 Å². The first-order chi connectivity index (χ1) is 12.3. The molecule has 2 fully saturated rings. The molecular formula is C18H21BrFN3O3. The lowest BCUT2D eigenvalue weighted by Gasteiger charge is -2.35. The molecule has 2 aliphatic rings. The minimum atomic E-state index is -0.800. The first kappa shape index (κ1) is 18.8. The first-order valence-electron chi connectivity index (χ1n) is 8.65. The van der Waals surface area contributed by atoms with Crippen molar-refractivity contribution in [1.82, 2.24) is 15.1 Å². The minimum Gasteiger partial charge on any atom is -0.350 e. The van der Waals surface area contributed by atoms with Gasteiger partial charge in [-0.2, -0.15) is 0 Å². The lowest BCUT2D eigenvalue weighted by Crippen LogP contribution is -2.49. The number of urea groups is 1. The average molecular weight is 426 g/mol.